The quantitative estimate of drug-likeness (QED) is 0.674. The highest BCUT2D eigenvalue weighted by atomic mass is 16.3. The lowest BCUT2D eigenvalue weighted by Gasteiger charge is -2.30. The normalized spacial score (nSPS) is 11.9. The number of rotatable bonds is 9. The summed E-state index contributed by atoms with van der Waals surface area (Å²) in [6.45, 7) is 8.48. The van der Waals surface area contributed by atoms with Crippen LogP contribution in [0, 0.1) is 6.92 Å². The minimum absolute atomic E-state index is 0.0354. The predicted octanol–water partition coefficient (Wildman–Crippen LogP) is 3.81. The van der Waals surface area contributed by atoms with Crippen molar-refractivity contribution in [3.05, 3.63) is 59.5 Å². The highest BCUT2D eigenvalue weighted by Gasteiger charge is 2.23. The summed E-state index contributed by atoms with van der Waals surface area (Å²) in [7, 11) is 0. The Hall–Kier alpha value is -2.56. The van der Waals surface area contributed by atoms with Crippen molar-refractivity contribution in [3.8, 4) is 0 Å². The summed E-state index contributed by atoms with van der Waals surface area (Å²) in [4.78, 5) is 28.4. The van der Waals surface area contributed by atoms with E-state index in [1.807, 2.05) is 51.1 Å². The van der Waals surface area contributed by atoms with Crippen LogP contribution in [0.5, 0.6) is 0 Å². The number of hydrogen-bond donors (Lipinski definition) is 0. The summed E-state index contributed by atoms with van der Waals surface area (Å²) >= 11 is 0. The first-order chi connectivity index (χ1) is 12.9. The summed E-state index contributed by atoms with van der Waals surface area (Å²) in [5, 5.41) is 0. The number of furan rings is 1. The van der Waals surface area contributed by atoms with Crippen molar-refractivity contribution in [1.82, 2.24) is 9.80 Å². The van der Waals surface area contributed by atoms with Gasteiger partial charge in [-0.3, -0.25) is 9.59 Å². The summed E-state index contributed by atoms with van der Waals surface area (Å²) in [6, 6.07) is 13.9. The van der Waals surface area contributed by atoms with E-state index in [1.54, 1.807) is 9.80 Å². The molecule has 1 aromatic carbocycles. The van der Waals surface area contributed by atoms with Crippen LogP contribution in [0.25, 0.3) is 0 Å². The number of hydrogen-bond acceptors (Lipinski definition) is 3. The maximum absolute atomic E-state index is 13.0. The number of amides is 2. The lowest BCUT2D eigenvalue weighted by Crippen LogP contribution is -2.46. The molecule has 0 fully saturated rings. The molecule has 0 saturated carbocycles. The van der Waals surface area contributed by atoms with Gasteiger partial charge in [0, 0.05) is 19.5 Å². The summed E-state index contributed by atoms with van der Waals surface area (Å²) in [5.74, 6) is 1.45. The number of benzene rings is 1. The van der Waals surface area contributed by atoms with Crippen molar-refractivity contribution in [3.63, 3.8) is 0 Å². The molecule has 1 aromatic heterocycles. The molecule has 0 bridgehead atoms. The van der Waals surface area contributed by atoms with E-state index in [0.717, 1.165) is 24.4 Å². The number of carbonyl (C=O) groups is 2. The third-order valence-corrected chi connectivity index (χ3v) is 4.84. The molecule has 2 aromatic rings. The first-order valence-electron chi connectivity index (χ1n) is 9.55. The highest BCUT2D eigenvalue weighted by molar-refractivity contribution is 5.84. The Kier molecular flexibility index (Phi) is 7.65. The first-order valence-corrected chi connectivity index (χ1v) is 9.55. The van der Waals surface area contributed by atoms with E-state index in [9.17, 15) is 9.59 Å². The first kappa shape index (κ1) is 20.7. The number of aryl methyl sites for hydroxylation is 1. The van der Waals surface area contributed by atoms with Crippen LogP contribution in [-0.2, 0) is 22.6 Å². The Morgan fingerprint density at radius 1 is 1.11 bits per heavy atom. The Morgan fingerprint density at radius 2 is 1.81 bits per heavy atom. The van der Waals surface area contributed by atoms with Crippen LogP contribution in [0.3, 0.4) is 0 Å². The second-order valence-corrected chi connectivity index (χ2v) is 6.97. The van der Waals surface area contributed by atoms with Gasteiger partial charge in [-0.25, -0.2) is 0 Å². The van der Waals surface area contributed by atoms with Crippen molar-refractivity contribution in [2.75, 3.05) is 13.1 Å². The van der Waals surface area contributed by atoms with E-state index >= 15 is 0 Å². The SMILES string of the molecule is CC[C@@H](C)N(CC(=O)N(CCc1ccccc1)Cc1ccc(C)o1)C(C)=O. The van der Waals surface area contributed by atoms with E-state index in [0.29, 0.717) is 13.1 Å². The zero-order chi connectivity index (χ0) is 19.8. The Labute approximate surface area is 162 Å². The maximum Gasteiger partial charge on any atom is 0.242 e. The van der Waals surface area contributed by atoms with Crippen molar-refractivity contribution >= 4 is 11.8 Å². The van der Waals surface area contributed by atoms with Gasteiger partial charge < -0.3 is 14.2 Å². The minimum Gasteiger partial charge on any atom is -0.464 e. The van der Waals surface area contributed by atoms with E-state index in [2.05, 4.69) is 12.1 Å². The zero-order valence-corrected chi connectivity index (χ0v) is 16.8. The van der Waals surface area contributed by atoms with E-state index in [4.69, 9.17) is 4.42 Å². The molecule has 0 aliphatic carbocycles. The summed E-state index contributed by atoms with van der Waals surface area (Å²) < 4.78 is 5.66. The molecule has 1 atom stereocenters. The number of carbonyl (C=O) groups excluding carboxylic acids is 2. The molecule has 0 saturated heterocycles. The van der Waals surface area contributed by atoms with Gasteiger partial charge in [-0.05, 0) is 44.4 Å². The van der Waals surface area contributed by atoms with Gasteiger partial charge in [0.1, 0.15) is 11.5 Å². The molecule has 5 heteroatoms. The summed E-state index contributed by atoms with van der Waals surface area (Å²) in [5.41, 5.74) is 1.18. The zero-order valence-electron chi connectivity index (χ0n) is 16.8. The van der Waals surface area contributed by atoms with Gasteiger partial charge in [0.15, 0.2) is 0 Å². The molecular formula is C22H30N2O3. The fourth-order valence-corrected chi connectivity index (χ4v) is 3.00. The molecule has 2 rings (SSSR count). The van der Waals surface area contributed by atoms with Crippen LogP contribution >= 0.6 is 0 Å². The molecular weight excluding hydrogens is 340 g/mol. The third-order valence-electron chi connectivity index (χ3n) is 4.84. The molecule has 146 valence electrons. The molecule has 0 radical (unpaired) electrons. The second-order valence-electron chi connectivity index (χ2n) is 6.97. The molecule has 5 nitrogen and oxygen atoms in total. The Morgan fingerprint density at radius 3 is 2.37 bits per heavy atom. The fraction of sp³-hybridized carbons (Fsp3) is 0.455. The van der Waals surface area contributed by atoms with Crippen LogP contribution in [0.2, 0.25) is 0 Å². The van der Waals surface area contributed by atoms with Gasteiger partial charge in [-0.1, -0.05) is 37.3 Å². The average molecular weight is 370 g/mol. The molecule has 0 N–H and O–H groups in total. The molecule has 0 unspecified atom stereocenters. The molecule has 0 aliphatic rings. The van der Waals surface area contributed by atoms with Crippen LogP contribution in [-0.4, -0.2) is 40.7 Å². The fourth-order valence-electron chi connectivity index (χ4n) is 3.00. The van der Waals surface area contributed by atoms with E-state index in [1.165, 1.54) is 12.5 Å². The van der Waals surface area contributed by atoms with Crippen LogP contribution in [0.4, 0.5) is 0 Å². The average Bonchev–Trinajstić information content (AvgIpc) is 3.07. The van der Waals surface area contributed by atoms with Crippen LogP contribution < -0.4 is 0 Å². The molecule has 2 amide bonds. The van der Waals surface area contributed by atoms with E-state index in [-0.39, 0.29) is 24.4 Å². The largest absolute Gasteiger partial charge is 0.464 e. The maximum atomic E-state index is 13.0. The van der Waals surface area contributed by atoms with Gasteiger partial charge in [0.05, 0.1) is 13.1 Å². The monoisotopic (exact) mass is 370 g/mol. The van der Waals surface area contributed by atoms with Gasteiger partial charge in [-0.15, -0.1) is 0 Å². The van der Waals surface area contributed by atoms with Crippen molar-refractivity contribution in [2.45, 2.75) is 53.1 Å². The van der Waals surface area contributed by atoms with Crippen LogP contribution in [0.1, 0.15) is 44.3 Å². The highest BCUT2D eigenvalue weighted by Crippen LogP contribution is 2.13. The van der Waals surface area contributed by atoms with Crippen molar-refractivity contribution < 1.29 is 14.0 Å². The lowest BCUT2D eigenvalue weighted by atomic mass is 10.1. The molecule has 1 heterocycles. The number of nitrogens with zero attached hydrogens (tertiary/aromatic N) is 2. The lowest BCUT2D eigenvalue weighted by molar-refractivity contribution is -0.141. The van der Waals surface area contributed by atoms with Crippen molar-refractivity contribution in [2.24, 2.45) is 0 Å². The summed E-state index contributed by atoms with van der Waals surface area (Å²) in [6.07, 6.45) is 1.57. The van der Waals surface area contributed by atoms with Gasteiger partial charge in [0.25, 0.3) is 0 Å². The Bertz CT molecular complexity index is 739. The third kappa shape index (κ3) is 6.27. The smallest absolute Gasteiger partial charge is 0.242 e. The van der Waals surface area contributed by atoms with Gasteiger partial charge in [-0.2, -0.15) is 0 Å². The van der Waals surface area contributed by atoms with Crippen LogP contribution in [0.15, 0.2) is 46.9 Å². The predicted molar refractivity (Wildman–Crippen MR) is 106 cm³/mol. The van der Waals surface area contributed by atoms with E-state index < -0.39 is 0 Å². The minimum atomic E-state index is -0.0745. The second kappa shape index (κ2) is 9.95. The van der Waals surface area contributed by atoms with Gasteiger partial charge >= 0.3 is 0 Å². The topological polar surface area (TPSA) is 53.8 Å². The Balaban J connectivity index is 2.11. The molecule has 0 spiro atoms. The standard InChI is InChI=1S/C22H30N2O3/c1-5-17(2)24(19(4)25)16-22(26)23(15-21-12-11-18(3)27-21)14-13-20-9-7-6-8-10-20/h6-12,17H,5,13-16H2,1-4H3/t17-/m1/s1. The molecule has 27 heavy (non-hydrogen) atoms. The molecule has 0 aliphatic heterocycles. The van der Waals surface area contributed by atoms with Crippen molar-refractivity contribution in [1.29, 1.82) is 0 Å². The van der Waals surface area contributed by atoms with Gasteiger partial charge in [0.2, 0.25) is 11.8 Å².